The highest BCUT2D eigenvalue weighted by molar-refractivity contribution is 9.10. The first-order chi connectivity index (χ1) is 13.4. The standard InChI is InChI=1S/C22H13BrCl2O3/c23-16-8-4-15(5-9-16)22(27)28-17-10-6-14(7-11-17)21(26)13-12-18-19(24)2-1-3-20(18)25/h1-13H/b13-12+. The molecule has 0 aliphatic rings. The Balaban J connectivity index is 1.68. The van der Waals surface area contributed by atoms with E-state index >= 15 is 0 Å². The smallest absolute Gasteiger partial charge is 0.343 e. The van der Waals surface area contributed by atoms with E-state index in [1.165, 1.54) is 6.08 Å². The number of hydrogen-bond acceptors (Lipinski definition) is 3. The molecule has 6 heteroatoms. The third kappa shape index (κ3) is 5.10. The second-order valence-electron chi connectivity index (χ2n) is 5.75. The average Bonchev–Trinajstić information content (AvgIpc) is 2.68. The average molecular weight is 476 g/mol. The van der Waals surface area contributed by atoms with Crippen LogP contribution in [0, 0.1) is 0 Å². The van der Waals surface area contributed by atoms with Crippen LogP contribution in [0.2, 0.25) is 10.0 Å². The quantitative estimate of drug-likeness (QED) is 0.175. The normalized spacial score (nSPS) is 10.8. The molecule has 0 saturated heterocycles. The molecule has 0 spiro atoms. The van der Waals surface area contributed by atoms with Gasteiger partial charge in [-0.15, -0.1) is 0 Å². The van der Waals surface area contributed by atoms with Crippen LogP contribution in [0.5, 0.6) is 5.75 Å². The van der Waals surface area contributed by atoms with Gasteiger partial charge in [-0.3, -0.25) is 4.79 Å². The highest BCUT2D eigenvalue weighted by Crippen LogP contribution is 2.25. The van der Waals surface area contributed by atoms with Gasteiger partial charge in [-0.05, 0) is 72.8 Å². The molecule has 0 saturated carbocycles. The number of carbonyl (C=O) groups excluding carboxylic acids is 2. The highest BCUT2D eigenvalue weighted by Gasteiger charge is 2.10. The van der Waals surface area contributed by atoms with Crippen molar-refractivity contribution in [3.63, 3.8) is 0 Å². The van der Waals surface area contributed by atoms with Crippen molar-refractivity contribution >= 4 is 57.0 Å². The minimum absolute atomic E-state index is 0.221. The molecule has 0 aromatic heterocycles. The summed E-state index contributed by atoms with van der Waals surface area (Å²) in [6.45, 7) is 0. The van der Waals surface area contributed by atoms with Gasteiger partial charge in [0.2, 0.25) is 0 Å². The van der Waals surface area contributed by atoms with Crippen LogP contribution in [-0.2, 0) is 0 Å². The maximum Gasteiger partial charge on any atom is 0.343 e. The predicted octanol–water partition coefficient (Wildman–Crippen LogP) is 6.87. The van der Waals surface area contributed by atoms with Crippen molar-refractivity contribution in [3.8, 4) is 5.75 Å². The van der Waals surface area contributed by atoms with Crippen LogP contribution in [0.3, 0.4) is 0 Å². The second kappa shape index (κ2) is 9.20. The zero-order chi connectivity index (χ0) is 20.1. The molecule has 0 aliphatic heterocycles. The first-order valence-corrected chi connectivity index (χ1v) is 9.73. The predicted molar refractivity (Wildman–Crippen MR) is 115 cm³/mol. The molecular formula is C22H13BrCl2O3. The molecule has 3 aromatic carbocycles. The van der Waals surface area contributed by atoms with Gasteiger partial charge in [0.25, 0.3) is 0 Å². The van der Waals surface area contributed by atoms with Gasteiger partial charge in [-0.25, -0.2) is 4.79 Å². The maximum absolute atomic E-state index is 12.3. The number of hydrogen-bond donors (Lipinski definition) is 0. The fourth-order valence-corrected chi connectivity index (χ4v) is 3.15. The molecule has 0 radical (unpaired) electrons. The monoisotopic (exact) mass is 474 g/mol. The number of benzene rings is 3. The number of rotatable bonds is 5. The molecule has 28 heavy (non-hydrogen) atoms. The third-order valence-corrected chi connectivity index (χ3v) is 5.02. The molecule has 0 aliphatic carbocycles. The Labute approximate surface area is 180 Å². The molecule has 140 valence electrons. The summed E-state index contributed by atoms with van der Waals surface area (Å²) in [6.07, 6.45) is 2.98. The van der Waals surface area contributed by atoms with Crippen LogP contribution in [0.4, 0.5) is 0 Å². The van der Waals surface area contributed by atoms with Crippen molar-refractivity contribution in [2.24, 2.45) is 0 Å². The SMILES string of the molecule is O=C(/C=C/c1c(Cl)cccc1Cl)c1ccc(OC(=O)c2ccc(Br)cc2)cc1. The Hall–Kier alpha value is -2.40. The van der Waals surface area contributed by atoms with Gasteiger partial charge in [0.15, 0.2) is 5.78 Å². The van der Waals surface area contributed by atoms with Crippen LogP contribution in [0.1, 0.15) is 26.3 Å². The van der Waals surface area contributed by atoms with Crippen molar-refractivity contribution in [3.05, 3.63) is 104 Å². The van der Waals surface area contributed by atoms with Gasteiger partial charge in [-0.2, -0.15) is 0 Å². The summed E-state index contributed by atoms with van der Waals surface area (Å²) in [5.41, 5.74) is 1.46. The summed E-state index contributed by atoms with van der Waals surface area (Å²) in [5, 5.41) is 0.929. The van der Waals surface area contributed by atoms with Crippen molar-refractivity contribution < 1.29 is 14.3 Å². The van der Waals surface area contributed by atoms with E-state index in [0.717, 1.165) is 4.47 Å². The first-order valence-electron chi connectivity index (χ1n) is 8.18. The lowest BCUT2D eigenvalue weighted by atomic mass is 10.1. The van der Waals surface area contributed by atoms with Crippen LogP contribution < -0.4 is 4.74 Å². The lowest BCUT2D eigenvalue weighted by Gasteiger charge is -2.05. The maximum atomic E-state index is 12.3. The first kappa shape index (κ1) is 20.3. The van der Waals surface area contributed by atoms with Gasteiger partial charge in [0, 0.05) is 25.6 Å². The molecule has 0 unspecified atom stereocenters. The Morgan fingerprint density at radius 1 is 0.821 bits per heavy atom. The highest BCUT2D eigenvalue weighted by atomic mass is 79.9. The van der Waals surface area contributed by atoms with Crippen molar-refractivity contribution in [2.75, 3.05) is 0 Å². The number of ether oxygens (including phenoxy) is 1. The number of halogens is 3. The Morgan fingerprint density at radius 3 is 2.00 bits per heavy atom. The molecule has 0 N–H and O–H groups in total. The summed E-state index contributed by atoms with van der Waals surface area (Å²) in [7, 11) is 0. The molecule has 0 atom stereocenters. The van der Waals surface area contributed by atoms with Crippen LogP contribution in [0.15, 0.2) is 77.3 Å². The summed E-state index contributed by atoms with van der Waals surface area (Å²) >= 11 is 15.5. The topological polar surface area (TPSA) is 43.4 Å². The molecule has 3 aromatic rings. The van der Waals surface area contributed by atoms with E-state index in [1.807, 2.05) is 0 Å². The zero-order valence-electron chi connectivity index (χ0n) is 14.4. The number of carbonyl (C=O) groups is 2. The summed E-state index contributed by atoms with van der Waals surface area (Å²) in [4.78, 5) is 24.5. The number of allylic oxidation sites excluding steroid dienone is 1. The van der Waals surface area contributed by atoms with Crippen LogP contribution in [-0.4, -0.2) is 11.8 Å². The van der Waals surface area contributed by atoms with Gasteiger partial charge >= 0.3 is 5.97 Å². The Morgan fingerprint density at radius 2 is 1.39 bits per heavy atom. The van der Waals surface area contributed by atoms with Crippen LogP contribution in [0.25, 0.3) is 6.08 Å². The van der Waals surface area contributed by atoms with E-state index in [9.17, 15) is 9.59 Å². The summed E-state index contributed by atoms with van der Waals surface area (Å²) in [6, 6.07) is 18.3. The largest absolute Gasteiger partial charge is 0.423 e. The van der Waals surface area contributed by atoms with Gasteiger partial charge in [-0.1, -0.05) is 45.2 Å². The van der Waals surface area contributed by atoms with Crippen molar-refractivity contribution in [2.45, 2.75) is 0 Å². The van der Waals surface area contributed by atoms with Gasteiger partial charge < -0.3 is 4.74 Å². The minimum Gasteiger partial charge on any atom is -0.423 e. The van der Waals surface area contributed by atoms with Crippen molar-refractivity contribution in [1.29, 1.82) is 0 Å². The Kier molecular flexibility index (Phi) is 6.68. The van der Waals surface area contributed by atoms with E-state index < -0.39 is 5.97 Å². The van der Waals surface area contributed by atoms with E-state index in [2.05, 4.69) is 15.9 Å². The minimum atomic E-state index is -0.472. The van der Waals surface area contributed by atoms with E-state index in [4.69, 9.17) is 27.9 Å². The van der Waals surface area contributed by atoms with Gasteiger partial charge in [0.05, 0.1) is 5.56 Å². The second-order valence-corrected chi connectivity index (χ2v) is 7.48. The summed E-state index contributed by atoms with van der Waals surface area (Å²) < 4.78 is 6.19. The molecule has 0 fully saturated rings. The zero-order valence-corrected chi connectivity index (χ0v) is 17.5. The lowest BCUT2D eigenvalue weighted by Crippen LogP contribution is -2.08. The molecule has 0 amide bonds. The van der Waals surface area contributed by atoms with E-state index in [0.29, 0.717) is 32.5 Å². The molecule has 0 bridgehead atoms. The van der Waals surface area contributed by atoms with Crippen LogP contribution >= 0.6 is 39.1 Å². The van der Waals surface area contributed by atoms with E-state index in [-0.39, 0.29) is 5.78 Å². The molecular weight excluding hydrogens is 463 g/mol. The number of ketones is 1. The Bertz CT molecular complexity index is 1020. The molecule has 3 nitrogen and oxygen atoms in total. The fraction of sp³-hybridized carbons (Fsp3) is 0. The summed E-state index contributed by atoms with van der Waals surface area (Å²) in [5.74, 6) is -0.343. The van der Waals surface area contributed by atoms with Gasteiger partial charge in [0.1, 0.15) is 5.75 Å². The lowest BCUT2D eigenvalue weighted by molar-refractivity contribution is 0.0734. The molecule has 3 rings (SSSR count). The van der Waals surface area contributed by atoms with E-state index in [1.54, 1.807) is 72.8 Å². The number of esters is 1. The van der Waals surface area contributed by atoms with Crippen molar-refractivity contribution in [1.82, 2.24) is 0 Å². The molecule has 0 heterocycles. The third-order valence-electron chi connectivity index (χ3n) is 3.83. The fourth-order valence-electron chi connectivity index (χ4n) is 2.36.